The fourth-order valence-electron chi connectivity index (χ4n) is 0.577. The lowest BCUT2D eigenvalue weighted by atomic mass is 10.3. The summed E-state index contributed by atoms with van der Waals surface area (Å²) < 4.78 is 12.5. The number of aromatic nitrogens is 1. The maximum Gasteiger partial charge on any atom is 0.160 e. The van der Waals surface area contributed by atoms with Crippen LogP contribution in [0.2, 0.25) is 5.02 Å². The number of hydrogen-bond acceptors (Lipinski definition) is 1. The van der Waals surface area contributed by atoms with Crippen molar-refractivity contribution in [2.24, 2.45) is 0 Å². The van der Waals surface area contributed by atoms with E-state index >= 15 is 0 Å². The van der Waals surface area contributed by atoms with Crippen molar-refractivity contribution in [3.63, 3.8) is 0 Å². The maximum atomic E-state index is 12.5. The van der Waals surface area contributed by atoms with E-state index in [2.05, 4.69) is 11.6 Å². The largest absolute Gasteiger partial charge is 0.261 e. The number of halogens is 2. The van der Waals surface area contributed by atoms with E-state index in [4.69, 9.17) is 11.6 Å². The zero-order valence-corrected chi connectivity index (χ0v) is 5.90. The third-order valence-electron chi connectivity index (χ3n) is 1.08. The van der Waals surface area contributed by atoms with E-state index < -0.39 is 5.82 Å². The van der Waals surface area contributed by atoms with Crippen molar-refractivity contribution in [2.75, 3.05) is 0 Å². The molecule has 0 saturated carbocycles. The second-order valence-electron chi connectivity index (χ2n) is 1.73. The quantitative estimate of drug-likeness (QED) is 0.611. The van der Waals surface area contributed by atoms with E-state index in [-0.39, 0.29) is 5.02 Å². The molecule has 0 radical (unpaired) electrons. The van der Waals surface area contributed by atoms with Crippen LogP contribution in [0.3, 0.4) is 0 Å². The zero-order valence-electron chi connectivity index (χ0n) is 5.14. The minimum Gasteiger partial charge on any atom is -0.261 e. The summed E-state index contributed by atoms with van der Waals surface area (Å²) in [6, 6.07) is 0. The summed E-state index contributed by atoms with van der Waals surface area (Å²) in [6.07, 6.45) is 3.98. The first-order chi connectivity index (χ1) is 4.75. The Morgan fingerprint density at radius 2 is 2.30 bits per heavy atom. The lowest BCUT2D eigenvalue weighted by Gasteiger charge is -1.95. The predicted octanol–water partition coefficient (Wildman–Crippen LogP) is 2.52. The van der Waals surface area contributed by atoms with Crippen molar-refractivity contribution in [3.05, 3.63) is 35.4 Å². The maximum absolute atomic E-state index is 12.5. The van der Waals surface area contributed by atoms with Crippen molar-refractivity contribution in [2.45, 2.75) is 0 Å². The first kappa shape index (κ1) is 7.22. The van der Waals surface area contributed by atoms with Crippen LogP contribution < -0.4 is 0 Å². The van der Waals surface area contributed by atoms with E-state index in [1.807, 2.05) is 0 Å². The van der Waals surface area contributed by atoms with Crippen molar-refractivity contribution < 1.29 is 4.39 Å². The highest BCUT2D eigenvalue weighted by Gasteiger charge is 2.01. The van der Waals surface area contributed by atoms with Gasteiger partial charge >= 0.3 is 0 Å². The van der Waals surface area contributed by atoms with Gasteiger partial charge in [0.05, 0.1) is 11.2 Å². The molecule has 0 amide bonds. The number of nitrogens with zero attached hydrogens (tertiary/aromatic N) is 1. The summed E-state index contributed by atoms with van der Waals surface area (Å²) in [6.45, 7) is 3.44. The van der Waals surface area contributed by atoms with Gasteiger partial charge in [-0.1, -0.05) is 24.3 Å². The first-order valence-corrected chi connectivity index (χ1v) is 3.05. The number of pyridine rings is 1. The molecule has 52 valence electrons. The Labute approximate surface area is 63.2 Å². The molecular formula is C7H5ClFN. The van der Waals surface area contributed by atoms with Crippen LogP contribution in [0.25, 0.3) is 6.08 Å². The Balaban J connectivity index is 3.27. The van der Waals surface area contributed by atoms with Crippen molar-refractivity contribution in [1.29, 1.82) is 0 Å². The Morgan fingerprint density at radius 1 is 1.60 bits per heavy atom. The average Bonchev–Trinajstić information content (AvgIpc) is 1.95. The predicted molar refractivity (Wildman–Crippen MR) is 39.3 cm³/mol. The van der Waals surface area contributed by atoms with Crippen molar-refractivity contribution in [3.8, 4) is 0 Å². The third kappa shape index (κ3) is 1.16. The monoisotopic (exact) mass is 157 g/mol. The molecule has 0 saturated heterocycles. The van der Waals surface area contributed by atoms with Gasteiger partial charge in [0.25, 0.3) is 0 Å². The standard InChI is InChI=1S/C7H5ClFN/c1-2-5-3-10-4-6(9)7(5)8/h2-4H,1H2. The third-order valence-corrected chi connectivity index (χ3v) is 1.48. The van der Waals surface area contributed by atoms with E-state index in [1.54, 1.807) is 0 Å². The lowest BCUT2D eigenvalue weighted by molar-refractivity contribution is 0.621. The summed E-state index contributed by atoms with van der Waals surface area (Å²) in [4.78, 5) is 3.59. The SMILES string of the molecule is C=Cc1cncc(F)c1Cl. The number of rotatable bonds is 1. The summed E-state index contributed by atoms with van der Waals surface area (Å²) in [5, 5.41) is 0.0741. The minimum atomic E-state index is -0.515. The molecule has 0 aliphatic heterocycles. The summed E-state index contributed by atoms with van der Waals surface area (Å²) in [7, 11) is 0. The van der Waals surface area contributed by atoms with E-state index in [0.717, 1.165) is 6.20 Å². The number of hydrogen-bond donors (Lipinski definition) is 0. The van der Waals surface area contributed by atoms with Crippen LogP contribution in [0.1, 0.15) is 5.56 Å². The van der Waals surface area contributed by atoms with Gasteiger partial charge in [0.1, 0.15) is 0 Å². The second kappa shape index (κ2) is 2.80. The van der Waals surface area contributed by atoms with Crippen LogP contribution in [0.4, 0.5) is 4.39 Å². The molecule has 1 heterocycles. The zero-order chi connectivity index (χ0) is 7.56. The molecule has 3 heteroatoms. The molecule has 0 aliphatic rings. The minimum absolute atomic E-state index is 0.0741. The van der Waals surface area contributed by atoms with Gasteiger partial charge in [0.15, 0.2) is 5.82 Å². The highest BCUT2D eigenvalue weighted by molar-refractivity contribution is 6.32. The Kier molecular flexibility index (Phi) is 2.02. The Bertz CT molecular complexity index is 260. The smallest absolute Gasteiger partial charge is 0.160 e. The molecule has 0 bridgehead atoms. The van der Waals surface area contributed by atoms with Crippen LogP contribution in [0, 0.1) is 5.82 Å². The highest BCUT2D eigenvalue weighted by Crippen LogP contribution is 2.18. The molecule has 1 aromatic heterocycles. The van der Waals surface area contributed by atoms with Gasteiger partial charge in [-0.15, -0.1) is 0 Å². The second-order valence-corrected chi connectivity index (χ2v) is 2.11. The van der Waals surface area contributed by atoms with Crippen molar-refractivity contribution >= 4 is 17.7 Å². The molecule has 0 fully saturated rings. The molecule has 0 aliphatic carbocycles. The molecular weight excluding hydrogens is 153 g/mol. The molecule has 10 heavy (non-hydrogen) atoms. The van der Waals surface area contributed by atoms with E-state index in [0.29, 0.717) is 5.56 Å². The topological polar surface area (TPSA) is 12.9 Å². The van der Waals surface area contributed by atoms with E-state index in [1.165, 1.54) is 12.3 Å². The normalized spacial score (nSPS) is 9.40. The summed E-state index contributed by atoms with van der Waals surface area (Å²) in [5.74, 6) is -0.515. The van der Waals surface area contributed by atoms with Gasteiger partial charge in [-0.3, -0.25) is 4.98 Å². The van der Waals surface area contributed by atoms with Crippen LogP contribution >= 0.6 is 11.6 Å². The van der Waals surface area contributed by atoms with Crippen LogP contribution in [0.15, 0.2) is 19.0 Å². The van der Waals surface area contributed by atoms with Crippen LogP contribution in [0.5, 0.6) is 0 Å². The van der Waals surface area contributed by atoms with Gasteiger partial charge in [-0.2, -0.15) is 0 Å². The average molecular weight is 158 g/mol. The summed E-state index contributed by atoms with van der Waals surface area (Å²) in [5.41, 5.74) is 0.515. The fourth-order valence-corrected chi connectivity index (χ4v) is 0.751. The van der Waals surface area contributed by atoms with E-state index in [9.17, 15) is 4.39 Å². The molecule has 0 spiro atoms. The fraction of sp³-hybridized carbons (Fsp3) is 0. The van der Waals surface area contributed by atoms with Crippen LogP contribution in [-0.4, -0.2) is 4.98 Å². The highest BCUT2D eigenvalue weighted by atomic mass is 35.5. The van der Waals surface area contributed by atoms with Gasteiger partial charge in [0, 0.05) is 11.8 Å². The molecule has 1 rings (SSSR count). The Hall–Kier alpha value is -0.890. The molecule has 1 nitrogen and oxygen atoms in total. The Morgan fingerprint density at radius 3 is 2.80 bits per heavy atom. The van der Waals surface area contributed by atoms with Gasteiger partial charge < -0.3 is 0 Å². The molecule has 0 aromatic carbocycles. The van der Waals surface area contributed by atoms with Crippen LogP contribution in [-0.2, 0) is 0 Å². The lowest BCUT2D eigenvalue weighted by Crippen LogP contribution is -1.83. The van der Waals surface area contributed by atoms with Gasteiger partial charge in [-0.25, -0.2) is 4.39 Å². The molecule has 0 unspecified atom stereocenters. The van der Waals surface area contributed by atoms with Gasteiger partial charge in [-0.05, 0) is 0 Å². The van der Waals surface area contributed by atoms with Crippen molar-refractivity contribution in [1.82, 2.24) is 4.98 Å². The molecule has 1 aromatic rings. The molecule has 0 N–H and O–H groups in total. The first-order valence-electron chi connectivity index (χ1n) is 2.67. The molecule has 0 atom stereocenters. The van der Waals surface area contributed by atoms with Gasteiger partial charge in [0.2, 0.25) is 0 Å². The summed E-state index contributed by atoms with van der Waals surface area (Å²) >= 11 is 5.51.